The molecule has 0 N–H and O–H groups in total. The smallest absolute Gasteiger partial charge is 0.376 e. The first-order chi connectivity index (χ1) is 6.16. The van der Waals surface area contributed by atoms with Crippen LogP contribution in [0.25, 0.3) is 0 Å². The van der Waals surface area contributed by atoms with Crippen molar-refractivity contribution in [2.45, 2.75) is 25.8 Å². The molecule has 0 amide bonds. The van der Waals surface area contributed by atoms with Crippen LogP contribution in [0.4, 0.5) is 0 Å². The van der Waals surface area contributed by atoms with Crippen molar-refractivity contribution in [3.8, 4) is 0 Å². The lowest BCUT2D eigenvalue weighted by atomic mass is 10.3. The first-order valence-corrected chi connectivity index (χ1v) is 6.29. The Bertz CT molecular complexity index is 147. The van der Waals surface area contributed by atoms with E-state index in [0.29, 0.717) is 0 Å². The molecule has 0 fully saturated rings. The summed E-state index contributed by atoms with van der Waals surface area (Å²) in [6.07, 6.45) is 5.21. The minimum Gasteiger partial charge on any atom is -0.376 e. The summed E-state index contributed by atoms with van der Waals surface area (Å²) >= 11 is 0. The Morgan fingerprint density at radius 1 is 1.15 bits per heavy atom. The highest BCUT2D eigenvalue weighted by molar-refractivity contribution is 6.62. The van der Waals surface area contributed by atoms with Crippen molar-refractivity contribution in [3.63, 3.8) is 0 Å². The van der Waals surface area contributed by atoms with E-state index in [4.69, 9.17) is 13.3 Å². The summed E-state index contributed by atoms with van der Waals surface area (Å²) in [6.45, 7) is 4.15. The molecule has 78 valence electrons. The number of rotatable bonds is 6. The molecule has 0 aromatic heterocycles. The van der Waals surface area contributed by atoms with Gasteiger partial charge < -0.3 is 13.3 Å². The third-order valence-electron chi connectivity index (χ3n) is 2.07. The second kappa shape index (κ2) is 6.31. The monoisotopic (exact) mass is 204 g/mol. The van der Waals surface area contributed by atoms with E-state index in [-0.39, 0.29) is 5.54 Å². The molecule has 1 unspecified atom stereocenters. The van der Waals surface area contributed by atoms with E-state index in [1.807, 2.05) is 0 Å². The Balaban J connectivity index is 4.43. The minimum absolute atomic E-state index is 0.201. The highest BCUT2D eigenvalue weighted by Crippen LogP contribution is 2.24. The molecule has 4 heteroatoms. The molecule has 0 radical (unpaired) electrons. The van der Waals surface area contributed by atoms with Crippen LogP contribution in [0.5, 0.6) is 0 Å². The fourth-order valence-corrected chi connectivity index (χ4v) is 3.25. The van der Waals surface area contributed by atoms with Gasteiger partial charge in [0, 0.05) is 26.9 Å². The van der Waals surface area contributed by atoms with Gasteiger partial charge in [-0.2, -0.15) is 0 Å². The fourth-order valence-electron chi connectivity index (χ4n) is 1.27. The SMILES string of the molecule is CC/C=C\C(C)[Si](OC)(OC)OC. The Hall–Kier alpha value is -0.163. The van der Waals surface area contributed by atoms with Gasteiger partial charge >= 0.3 is 8.80 Å². The zero-order valence-corrected chi connectivity index (χ0v) is 10.2. The standard InChI is InChI=1S/C9H20O3Si/c1-6-7-8-9(2)13(10-3,11-4)12-5/h7-9H,6H2,1-5H3/b8-7-. The third-order valence-corrected chi connectivity index (χ3v) is 5.09. The van der Waals surface area contributed by atoms with Crippen LogP contribution in [0.1, 0.15) is 20.3 Å². The average Bonchev–Trinajstić information content (AvgIpc) is 2.18. The van der Waals surface area contributed by atoms with Crippen molar-refractivity contribution < 1.29 is 13.3 Å². The van der Waals surface area contributed by atoms with E-state index < -0.39 is 8.80 Å². The number of hydrogen-bond donors (Lipinski definition) is 0. The first-order valence-electron chi connectivity index (χ1n) is 4.49. The van der Waals surface area contributed by atoms with Gasteiger partial charge in [-0.15, -0.1) is 0 Å². The van der Waals surface area contributed by atoms with Crippen LogP contribution < -0.4 is 0 Å². The highest BCUT2D eigenvalue weighted by Gasteiger charge is 2.43. The minimum atomic E-state index is -2.44. The summed E-state index contributed by atoms with van der Waals surface area (Å²) in [4.78, 5) is 0. The van der Waals surface area contributed by atoms with Gasteiger partial charge in [0.05, 0.1) is 0 Å². The van der Waals surface area contributed by atoms with Crippen molar-refractivity contribution in [2.24, 2.45) is 0 Å². The summed E-state index contributed by atoms with van der Waals surface area (Å²) in [6, 6.07) is 0. The van der Waals surface area contributed by atoms with Crippen LogP contribution in [0, 0.1) is 0 Å². The maximum atomic E-state index is 5.34. The summed E-state index contributed by atoms with van der Waals surface area (Å²) in [5.41, 5.74) is 0.201. The molecular weight excluding hydrogens is 184 g/mol. The van der Waals surface area contributed by atoms with Gasteiger partial charge in [0.2, 0.25) is 0 Å². The molecule has 3 nitrogen and oxygen atoms in total. The number of allylic oxidation sites excluding steroid dienone is 2. The van der Waals surface area contributed by atoms with E-state index in [0.717, 1.165) is 6.42 Å². The molecule has 0 aromatic carbocycles. The van der Waals surface area contributed by atoms with Crippen LogP contribution in [0.3, 0.4) is 0 Å². The van der Waals surface area contributed by atoms with Gasteiger partial charge in [-0.25, -0.2) is 0 Å². The van der Waals surface area contributed by atoms with Gasteiger partial charge in [0.1, 0.15) is 0 Å². The second-order valence-electron chi connectivity index (χ2n) is 2.84. The van der Waals surface area contributed by atoms with Gasteiger partial charge in [0.15, 0.2) is 0 Å². The van der Waals surface area contributed by atoms with Gasteiger partial charge in [-0.1, -0.05) is 26.0 Å². The van der Waals surface area contributed by atoms with Crippen LogP contribution in [-0.4, -0.2) is 30.1 Å². The molecule has 0 saturated carbocycles. The van der Waals surface area contributed by atoms with Crippen LogP contribution >= 0.6 is 0 Å². The molecule has 0 heterocycles. The molecule has 0 rings (SSSR count). The van der Waals surface area contributed by atoms with Crippen LogP contribution in [-0.2, 0) is 13.3 Å². The van der Waals surface area contributed by atoms with E-state index >= 15 is 0 Å². The molecule has 0 bridgehead atoms. The molecule has 0 aliphatic heterocycles. The topological polar surface area (TPSA) is 27.7 Å². The van der Waals surface area contributed by atoms with Crippen molar-refractivity contribution in [2.75, 3.05) is 21.3 Å². The molecular formula is C9H20O3Si. The molecule has 0 aliphatic carbocycles. The predicted octanol–water partition coefficient (Wildman–Crippen LogP) is 2.22. The van der Waals surface area contributed by atoms with Crippen molar-refractivity contribution in [3.05, 3.63) is 12.2 Å². The zero-order valence-electron chi connectivity index (χ0n) is 9.16. The van der Waals surface area contributed by atoms with Gasteiger partial charge in [-0.3, -0.25) is 0 Å². The molecule has 1 atom stereocenters. The van der Waals surface area contributed by atoms with Gasteiger partial charge in [0.25, 0.3) is 0 Å². The quantitative estimate of drug-likeness (QED) is 0.490. The Morgan fingerprint density at radius 2 is 1.62 bits per heavy atom. The summed E-state index contributed by atoms with van der Waals surface area (Å²) in [5.74, 6) is 0. The molecule has 13 heavy (non-hydrogen) atoms. The second-order valence-corrected chi connectivity index (χ2v) is 6.18. The summed E-state index contributed by atoms with van der Waals surface area (Å²) in [7, 11) is 2.46. The number of hydrogen-bond acceptors (Lipinski definition) is 3. The van der Waals surface area contributed by atoms with E-state index in [2.05, 4.69) is 26.0 Å². The van der Waals surface area contributed by atoms with Gasteiger partial charge in [-0.05, 0) is 6.42 Å². The van der Waals surface area contributed by atoms with Crippen molar-refractivity contribution >= 4 is 8.80 Å². The maximum absolute atomic E-state index is 5.34. The summed E-state index contributed by atoms with van der Waals surface area (Å²) in [5, 5.41) is 0. The first kappa shape index (κ1) is 12.8. The lowest BCUT2D eigenvalue weighted by Crippen LogP contribution is -2.46. The van der Waals surface area contributed by atoms with Crippen molar-refractivity contribution in [1.82, 2.24) is 0 Å². The molecule has 0 spiro atoms. The lowest BCUT2D eigenvalue weighted by Gasteiger charge is -2.28. The molecule has 0 aromatic rings. The predicted molar refractivity (Wildman–Crippen MR) is 55.6 cm³/mol. The molecule has 0 aliphatic rings. The Kier molecular flexibility index (Phi) is 6.24. The fraction of sp³-hybridized carbons (Fsp3) is 0.778. The summed E-state index contributed by atoms with van der Waals surface area (Å²) < 4.78 is 16.0. The zero-order chi connectivity index (χ0) is 10.3. The van der Waals surface area contributed by atoms with E-state index in [1.165, 1.54) is 0 Å². The van der Waals surface area contributed by atoms with Crippen LogP contribution in [0.15, 0.2) is 12.2 Å². The third kappa shape index (κ3) is 3.23. The lowest BCUT2D eigenvalue weighted by molar-refractivity contribution is 0.118. The highest BCUT2D eigenvalue weighted by atomic mass is 28.4. The van der Waals surface area contributed by atoms with Crippen LogP contribution in [0.2, 0.25) is 5.54 Å². The average molecular weight is 204 g/mol. The Morgan fingerprint density at radius 3 is 1.92 bits per heavy atom. The largest absolute Gasteiger partial charge is 0.507 e. The van der Waals surface area contributed by atoms with E-state index in [1.54, 1.807) is 21.3 Å². The maximum Gasteiger partial charge on any atom is 0.507 e. The normalized spacial score (nSPS) is 15.2. The van der Waals surface area contributed by atoms with Crippen molar-refractivity contribution in [1.29, 1.82) is 0 Å². The van der Waals surface area contributed by atoms with E-state index in [9.17, 15) is 0 Å². The Labute approximate surface area is 82.1 Å². The molecule has 0 saturated heterocycles.